The van der Waals surface area contributed by atoms with Crippen LogP contribution in [0.25, 0.3) is 0 Å². The van der Waals surface area contributed by atoms with Gasteiger partial charge in [-0.3, -0.25) is 0 Å². The molecule has 3 aromatic rings. The molecule has 1 aromatic heterocycles. The smallest absolute Gasteiger partial charge is 0.341 e. The molecule has 4 atom stereocenters. The Labute approximate surface area is 187 Å². The Hall–Kier alpha value is -3.90. The zero-order chi connectivity index (χ0) is 22.2. The largest absolute Gasteiger partial charge is 0.454 e. The molecule has 2 aromatic carbocycles. The lowest BCUT2D eigenvalue weighted by atomic mass is 10.1. The molecule has 170 valence electrons. The number of carbonyl (C=O) groups excluding carboxylic acids is 1. The van der Waals surface area contributed by atoms with Crippen molar-refractivity contribution < 1.29 is 28.5 Å². The van der Waals surface area contributed by atoms with E-state index in [0.717, 1.165) is 0 Å². The Morgan fingerprint density at radius 1 is 1.03 bits per heavy atom. The number of carbonyl (C=O) groups is 1. The first-order valence-corrected chi connectivity index (χ1v) is 10.5. The Balaban J connectivity index is 1.12. The zero-order valence-electron chi connectivity index (χ0n) is 17.3. The van der Waals surface area contributed by atoms with Gasteiger partial charge in [0, 0.05) is 11.8 Å². The number of fused-ring (bicyclic) bond motifs is 2. The van der Waals surface area contributed by atoms with Crippen LogP contribution in [0.2, 0.25) is 0 Å². The summed E-state index contributed by atoms with van der Waals surface area (Å²) < 4.78 is 30.1. The van der Waals surface area contributed by atoms with E-state index in [4.69, 9.17) is 23.7 Å². The van der Waals surface area contributed by atoms with Crippen LogP contribution in [0.3, 0.4) is 0 Å². The molecule has 12 heteroatoms. The Bertz CT molecular complexity index is 1160. The summed E-state index contributed by atoms with van der Waals surface area (Å²) in [6.07, 6.45) is -0.672. The van der Waals surface area contributed by atoms with Crippen LogP contribution >= 0.6 is 0 Å². The number of tetrazole rings is 1. The van der Waals surface area contributed by atoms with Crippen molar-refractivity contribution in [2.45, 2.75) is 24.3 Å². The maximum absolute atomic E-state index is 12.4. The second-order valence-electron chi connectivity index (χ2n) is 7.76. The van der Waals surface area contributed by atoms with Gasteiger partial charge in [-0.2, -0.15) is 4.68 Å². The molecule has 4 heterocycles. The minimum atomic E-state index is -0.338. The minimum absolute atomic E-state index is 0.176. The SMILES string of the molecule is O=C(Nc1ccccc1)N[C@@H]1CO[C@@H]2[C@@H]1OC[C@@H]2n1nnnc1Oc1ccc2c(c1)OCO2. The van der Waals surface area contributed by atoms with Gasteiger partial charge in [0.1, 0.15) is 24.0 Å². The van der Waals surface area contributed by atoms with Crippen LogP contribution in [0.15, 0.2) is 48.5 Å². The van der Waals surface area contributed by atoms with Gasteiger partial charge in [-0.1, -0.05) is 23.3 Å². The first-order chi connectivity index (χ1) is 16.2. The third kappa shape index (κ3) is 3.79. The van der Waals surface area contributed by atoms with Gasteiger partial charge in [0.05, 0.1) is 19.3 Å². The van der Waals surface area contributed by atoms with Gasteiger partial charge in [0.25, 0.3) is 0 Å². The standard InChI is InChI=1S/C21H20N6O6/c28-20(22-12-4-2-1-3-5-12)23-14-9-29-19-15(10-30-18(14)19)27-21(24-25-26-27)33-13-6-7-16-17(8-13)32-11-31-16/h1-8,14-15,18-19H,9-11H2,(H2,22,23,28)/t14-,15+,18-,19+/m1/s1. The van der Waals surface area contributed by atoms with Gasteiger partial charge in [-0.25, -0.2) is 4.79 Å². The van der Waals surface area contributed by atoms with Crippen molar-refractivity contribution >= 4 is 11.7 Å². The molecule has 0 radical (unpaired) electrons. The minimum Gasteiger partial charge on any atom is -0.454 e. The third-order valence-electron chi connectivity index (χ3n) is 5.71. The fraction of sp³-hybridized carbons (Fsp3) is 0.333. The van der Waals surface area contributed by atoms with E-state index in [9.17, 15) is 4.79 Å². The van der Waals surface area contributed by atoms with Crippen molar-refractivity contribution in [2.75, 3.05) is 25.3 Å². The molecule has 0 saturated carbocycles. The van der Waals surface area contributed by atoms with Crippen molar-refractivity contribution in [3.05, 3.63) is 48.5 Å². The maximum Gasteiger partial charge on any atom is 0.341 e. The third-order valence-corrected chi connectivity index (χ3v) is 5.71. The molecule has 2 amide bonds. The first kappa shape index (κ1) is 19.8. The predicted molar refractivity (Wildman–Crippen MR) is 111 cm³/mol. The van der Waals surface area contributed by atoms with Crippen LogP contribution in [0, 0.1) is 0 Å². The van der Waals surface area contributed by atoms with E-state index in [1.54, 1.807) is 22.9 Å². The van der Waals surface area contributed by atoms with Crippen LogP contribution in [-0.2, 0) is 9.47 Å². The molecule has 2 saturated heterocycles. The van der Waals surface area contributed by atoms with E-state index < -0.39 is 0 Å². The highest BCUT2D eigenvalue weighted by atomic mass is 16.7. The summed E-state index contributed by atoms with van der Waals surface area (Å²) in [4.78, 5) is 12.4. The van der Waals surface area contributed by atoms with E-state index in [1.165, 1.54) is 0 Å². The van der Waals surface area contributed by atoms with E-state index >= 15 is 0 Å². The molecule has 3 aliphatic rings. The van der Waals surface area contributed by atoms with Crippen molar-refractivity contribution in [2.24, 2.45) is 0 Å². The topological polar surface area (TPSA) is 131 Å². The molecular weight excluding hydrogens is 432 g/mol. The summed E-state index contributed by atoms with van der Waals surface area (Å²) in [7, 11) is 0. The van der Waals surface area contributed by atoms with E-state index in [-0.39, 0.29) is 43.1 Å². The first-order valence-electron chi connectivity index (χ1n) is 10.5. The lowest BCUT2D eigenvalue weighted by Crippen LogP contribution is -2.45. The summed E-state index contributed by atoms with van der Waals surface area (Å²) in [6, 6.07) is 13.7. The molecule has 0 aliphatic carbocycles. The fourth-order valence-electron chi connectivity index (χ4n) is 4.18. The van der Waals surface area contributed by atoms with E-state index in [2.05, 4.69) is 26.2 Å². The van der Waals surface area contributed by atoms with Gasteiger partial charge in [-0.15, -0.1) is 0 Å². The number of para-hydroxylation sites is 1. The monoisotopic (exact) mass is 452 g/mol. The number of nitrogens with one attached hydrogen (secondary N) is 2. The molecular formula is C21H20N6O6. The van der Waals surface area contributed by atoms with Gasteiger partial charge in [0.15, 0.2) is 11.5 Å². The number of aromatic nitrogens is 4. The molecule has 12 nitrogen and oxygen atoms in total. The highest BCUT2D eigenvalue weighted by Gasteiger charge is 2.50. The second-order valence-corrected chi connectivity index (χ2v) is 7.76. The highest BCUT2D eigenvalue weighted by Crippen LogP contribution is 2.38. The summed E-state index contributed by atoms with van der Waals surface area (Å²) in [5, 5.41) is 17.6. The lowest BCUT2D eigenvalue weighted by Gasteiger charge is -2.18. The van der Waals surface area contributed by atoms with Gasteiger partial charge in [-0.05, 0) is 34.7 Å². The summed E-state index contributed by atoms with van der Waals surface area (Å²) in [5.74, 6) is 1.76. The fourth-order valence-corrected chi connectivity index (χ4v) is 4.18. The number of rotatable bonds is 5. The Morgan fingerprint density at radius 2 is 1.88 bits per heavy atom. The van der Waals surface area contributed by atoms with Crippen molar-refractivity contribution in [3.8, 4) is 23.3 Å². The average Bonchev–Trinajstić information content (AvgIpc) is 3.60. The van der Waals surface area contributed by atoms with Crippen LogP contribution in [0.5, 0.6) is 23.3 Å². The zero-order valence-corrected chi connectivity index (χ0v) is 17.3. The van der Waals surface area contributed by atoms with Crippen LogP contribution in [-0.4, -0.2) is 64.5 Å². The van der Waals surface area contributed by atoms with Crippen molar-refractivity contribution in [3.63, 3.8) is 0 Å². The predicted octanol–water partition coefficient (Wildman–Crippen LogP) is 1.72. The quantitative estimate of drug-likeness (QED) is 0.594. The van der Waals surface area contributed by atoms with Gasteiger partial charge < -0.3 is 34.3 Å². The number of amides is 2. The number of anilines is 1. The summed E-state index contributed by atoms with van der Waals surface area (Å²) >= 11 is 0. The van der Waals surface area contributed by atoms with Gasteiger partial charge in [0.2, 0.25) is 6.79 Å². The molecule has 33 heavy (non-hydrogen) atoms. The van der Waals surface area contributed by atoms with E-state index in [1.807, 2.05) is 30.3 Å². The number of nitrogens with zero attached hydrogens (tertiary/aromatic N) is 4. The Morgan fingerprint density at radius 3 is 2.79 bits per heavy atom. The molecule has 0 bridgehead atoms. The normalized spacial score (nSPS) is 25.0. The molecule has 2 fully saturated rings. The summed E-state index contributed by atoms with van der Waals surface area (Å²) in [5.41, 5.74) is 0.703. The molecule has 0 spiro atoms. The molecule has 2 N–H and O–H groups in total. The average molecular weight is 452 g/mol. The molecule has 0 unspecified atom stereocenters. The Kier molecular flexibility index (Phi) is 4.92. The van der Waals surface area contributed by atoms with Crippen LogP contribution in [0.4, 0.5) is 10.5 Å². The van der Waals surface area contributed by atoms with Crippen molar-refractivity contribution in [1.29, 1.82) is 0 Å². The molecule has 6 rings (SSSR count). The highest BCUT2D eigenvalue weighted by molar-refractivity contribution is 5.89. The van der Waals surface area contributed by atoms with Crippen molar-refractivity contribution in [1.82, 2.24) is 25.5 Å². The van der Waals surface area contributed by atoms with Gasteiger partial charge >= 0.3 is 12.0 Å². The molecule has 3 aliphatic heterocycles. The summed E-state index contributed by atoms with van der Waals surface area (Å²) in [6.45, 7) is 0.805. The number of benzene rings is 2. The van der Waals surface area contributed by atoms with Crippen LogP contribution < -0.4 is 24.8 Å². The number of hydrogen-bond donors (Lipinski definition) is 2. The number of hydrogen-bond acceptors (Lipinski definition) is 9. The number of ether oxygens (including phenoxy) is 5. The second kappa shape index (κ2) is 8.22. The maximum atomic E-state index is 12.4. The lowest BCUT2D eigenvalue weighted by molar-refractivity contribution is 0.0613. The van der Waals surface area contributed by atoms with E-state index in [0.29, 0.717) is 36.1 Å². The van der Waals surface area contributed by atoms with Crippen LogP contribution in [0.1, 0.15) is 6.04 Å². The number of urea groups is 1.